The van der Waals surface area contributed by atoms with Crippen molar-refractivity contribution in [3.8, 4) is 11.6 Å². The van der Waals surface area contributed by atoms with Gasteiger partial charge in [-0.05, 0) is 30.3 Å². The Morgan fingerprint density at radius 1 is 0.867 bits per heavy atom. The third-order valence-corrected chi connectivity index (χ3v) is 3.68. The summed E-state index contributed by atoms with van der Waals surface area (Å²) in [6.07, 6.45) is -5.96. The van der Waals surface area contributed by atoms with E-state index in [4.69, 9.17) is 9.94 Å². The second-order valence-electron chi connectivity index (χ2n) is 5.67. The lowest BCUT2D eigenvalue weighted by atomic mass is 9.97. The van der Waals surface area contributed by atoms with Crippen LogP contribution in [-0.4, -0.2) is 34.1 Å². The zero-order valence-electron chi connectivity index (χ0n) is 14.2. The number of carbonyl (C=O) groups is 1. The van der Waals surface area contributed by atoms with Gasteiger partial charge < -0.3 is 4.74 Å². The molecule has 0 spiro atoms. The maximum Gasteiger partial charge on any atom is 0.460 e. The van der Waals surface area contributed by atoms with Crippen LogP contribution in [0.15, 0.2) is 42.6 Å². The van der Waals surface area contributed by atoms with Crippen molar-refractivity contribution in [2.75, 3.05) is 0 Å². The largest absolute Gasteiger partial charge is 0.460 e. The van der Waals surface area contributed by atoms with Gasteiger partial charge in [-0.25, -0.2) is 10.5 Å². The first-order chi connectivity index (χ1) is 13.6. The first-order valence-corrected chi connectivity index (χ1v) is 7.54. The number of halogens is 9. The Balaban J connectivity index is 2.25. The molecule has 0 aliphatic rings. The molecule has 0 fully saturated rings. The summed E-state index contributed by atoms with van der Waals surface area (Å²) in [6.45, 7) is 0. The molecule has 0 unspecified atom stereocenters. The van der Waals surface area contributed by atoms with Gasteiger partial charge >= 0.3 is 23.9 Å². The van der Waals surface area contributed by atoms with Gasteiger partial charge in [0.15, 0.2) is 0 Å². The van der Waals surface area contributed by atoms with E-state index in [1.165, 1.54) is 5.48 Å². The predicted octanol–water partition coefficient (Wildman–Crippen LogP) is 4.92. The van der Waals surface area contributed by atoms with Gasteiger partial charge in [-0.15, -0.1) is 0 Å². The SMILES string of the molecule is O=C(NO)c1ccc(Oc2ccc(C(F)(F)C(F)(F)C(F)(F)C(F)(F)F)cc2)nc1. The summed E-state index contributed by atoms with van der Waals surface area (Å²) >= 11 is 0. The minimum atomic E-state index is -6.99. The van der Waals surface area contributed by atoms with Crippen molar-refractivity contribution < 1.29 is 54.3 Å². The Morgan fingerprint density at radius 3 is 1.87 bits per heavy atom. The molecule has 1 aromatic carbocycles. The van der Waals surface area contributed by atoms with E-state index in [1.54, 1.807) is 0 Å². The van der Waals surface area contributed by atoms with Crippen molar-refractivity contribution in [3.63, 3.8) is 0 Å². The van der Waals surface area contributed by atoms with E-state index >= 15 is 0 Å². The van der Waals surface area contributed by atoms with E-state index in [0.717, 1.165) is 18.3 Å². The highest BCUT2D eigenvalue weighted by Gasteiger charge is 2.81. The van der Waals surface area contributed by atoms with E-state index in [-0.39, 0.29) is 29.3 Å². The normalized spacial score (nSPS) is 13.1. The first-order valence-electron chi connectivity index (χ1n) is 7.54. The van der Waals surface area contributed by atoms with Gasteiger partial charge in [0, 0.05) is 17.8 Å². The smallest absolute Gasteiger partial charge is 0.439 e. The number of nitrogens with zero attached hydrogens (tertiary/aromatic N) is 1. The minimum Gasteiger partial charge on any atom is -0.439 e. The molecule has 1 amide bonds. The van der Waals surface area contributed by atoms with Gasteiger partial charge in [-0.2, -0.15) is 39.5 Å². The lowest BCUT2D eigenvalue weighted by Crippen LogP contribution is -2.59. The number of ether oxygens (including phenoxy) is 1. The van der Waals surface area contributed by atoms with Crippen LogP contribution >= 0.6 is 0 Å². The Labute approximate surface area is 161 Å². The molecule has 0 aliphatic carbocycles. The lowest BCUT2D eigenvalue weighted by Gasteiger charge is -2.33. The first kappa shape index (κ1) is 23.3. The van der Waals surface area contributed by atoms with Gasteiger partial charge in [0.25, 0.3) is 5.91 Å². The molecule has 164 valence electrons. The molecule has 2 aromatic rings. The third-order valence-electron chi connectivity index (χ3n) is 3.68. The number of hydrogen-bond donors (Lipinski definition) is 2. The number of aromatic nitrogens is 1. The van der Waals surface area contributed by atoms with Crippen LogP contribution in [0.2, 0.25) is 0 Å². The maximum atomic E-state index is 13.8. The van der Waals surface area contributed by atoms with Crippen LogP contribution in [0.5, 0.6) is 11.6 Å². The van der Waals surface area contributed by atoms with E-state index in [2.05, 4.69) is 4.98 Å². The van der Waals surface area contributed by atoms with Crippen molar-refractivity contribution in [2.24, 2.45) is 0 Å². The molecule has 2 rings (SSSR count). The fourth-order valence-corrected chi connectivity index (χ4v) is 2.05. The van der Waals surface area contributed by atoms with Crippen LogP contribution in [0.1, 0.15) is 15.9 Å². The molecule has 1 aromatic heterocycles. The highest BCUT2D eigenvalue weighted by molar-refractivity contribution is 5.92. The number of hydroxylamine groups is 1. The van der Waals surface area contributed by atoms with Gasteiger partial charge in [0.2, 0.25) is 5.88 Å². The van der Waals surface area contributed by atoms with E-state index in [1.807, 2.05) is 0 Å². The summed E-state index contributed by atoms with van der Waals surface area (Å²) in [5.41, 5.74) is -0.576. The number of carbonyl (C=O) groups excluding carboxylic acids is 1. The molecule has 0 aliphatic heterocycles. The molecule has 0 atom stereocenters. The molecule has 2 N–H and O–H groups in total. The monoisotopic (exact) mass is 448 g/mol. The third kappa shape index (κ3) is 3.99. The number of pyridine rings is 1. The quantitative estimate of drug-likeness (QED) is 0.374. The number of rotatable bonds is 6. The van der Waals surface area contributed by atoms with Crippen LogP contribution in [-0.2, 0) is 5.92 Å². The zero-order valence-corrected chi connectivity index (χ0v) is 14.2. The molecule has 14 heteroatoms. The molecule has 0 saturated carbocycles. The Hall–Kier alpha value is -3.03. The van der Waals surface area contributed by atoms with Crippen molar-refractivity contribution in [2.45, 2.75) is 23.9 Å². The number of amides is 1. The molecule has 0 radical (unpaired) electrons. The molecule has 0 bridgehead atoms. The molecule has 1 heterocycles. The summed E-state index contributed by atoms with van der Waals surface area (Å²) in [5.74, 6) is -21.1. The average molecular weight is 448 g/mol. The van der Waals surface area contributed by atoms with E-state index < -0.39 is 35.4 Å². The summed E-state index contributed by atoms with van der Waals surface area (Å²) < 4.78 is 122. The summed E-state index contributed by atoms with van der Waals surface area (Å²) in [7, 11) is 0. The fraction of sp³-hybridized carbons (Fsp3) is 0.250. The van der Waals surface area contributed by atoms with Crippen molar-refractivity contribution in [1.29, 1.82) is 0 Å². The highest BCUT2D eigenvalue weighted by Crippen LogP contribution is 2.56. The van der Waals surface area contributed by atoms with Crippen LogP contribution in [0.3, 0.4) is 0 Å². The fourth-order valence-electron chi connectivity index (χ4n) is 2.05. The summed E-state index contributed by atoms with van der Waals surface area (Å²) in [5, 5.41) is 8.45. The number of benzene rings is 1. The van der Waals surface area contributed by atoms with E-state index in [9.17, 15) is 44.3 Å². The molecule has 0 saturated heterocycles. The average Bonchev–Trinajstić information content (AvgIpc) is 2.67. The van der Waals surface area contributed by atoms with Crippen molar-refractivity contribution in [3.05, 3.63) is 53.7 Å². The van der Waals surface area contributed by atoms with Crippen LogP contribution < -0.4 is 10.2 Å². The van der Waals surface area contributed by atoms with Gasteiger partial charge in [0.05, 0.1) is 5.56 Å². The lowest BCUT2D eigenvalue weighted by molar-refractivity contribution is -0.399. The minimum absolute atomic E-state index is 0.0901. The van der Waals surface area contributed by atoms with Crippen LogP contribution in [0.4, 0.5) is 39.5 Å². The van der Waals surface area contributed by atoms with Gasteiger partial charge in [-0.1, -0.05) is 0 Å². The number of hydrogen-bond acceptors (Lipinski definition) is 4. The van der Waals surface area contributed by atoms with Crippen molar-refractivity contribution in [1.82, 2.24) is 10.5 Å². The topological polar surface area (TPSA) is 71.5 Å². The molecular formula is C16H9F9N2O3. The van der Waals surface area contributed by atoms with Crippen LogP contribution in [0.25, 0.3) is 0 Å². The van der Waals surface area contributed by atoms with Crippen molar-refractivity contribution >= 4 is 5.91 Å². The van der Waals surface area contributed by atoms with Crippen LogP contribution in [0, 0.1) is 0 Å². The Morgan fingerprint density at radius 2 is 1.43 bits per heavy atom. The Bertz CT molecular complexity index is 898. The zero-order chi connectivity index (χ0) is 23.0. The highest BCUT2D eigenvalue weighted by atomic mass is 19.4. The second kappa shape index (κ2) is 7.66. The predicted molar refractivity (Wildman–Crippen MR) is 79.8 cm³/mol. The standard InChI is InChI=1S/C16H9F9N2O3/c17-13(18,14(19,20)15(21,22)16(23,24)25)9-2-4-10(5-3-9)30-11-6-1-8(7-26-11)12(28)27-29/h1-7,29H,(H,27,28). The molecule has 30 heavy (non-hydrogen) atoms. The van der Waals surface area contributed by atoms with Gasteiger partial charge in [0.1, 0.15) is 5.75 Å². The maximum absolute atomic E-state index is 13.8. The van der Waals surface area contributed by atoms with Gasteiger partial charge in [-0.3, -0.25) is 10.0 Å². The second-order valence-corrected chi connectivity index (χ2v) is 5.67. The summed E-state index contributed by atoms with van der Waals surface area (Å²) in [6, 6.07) is 3.83. The summed E-state index contributed by atoms with van der Waals surface area (Å²) in [4.78, 5) is 14.8. The number of nitrogens with one attached hydrogen (secondary N) is 1. The Kier molecular flexibility index (Phi) is 5.94. The molecule has 5 nitrogen and oxygen atoms in total. The number of alkyl halides is 9. The van der Waals surface area contributed by atoms with E-state index in [0.29, 0.717) is 12.1 Å². The molecular weight excluding hydrogens is 439 g/mol.